The summed E-state index contributed by atoms with van der Waals surface area (Å²) in [4.78, 5) is 43.3. The molecule has 1 saturated carbocycles. The van der Waals surface area contributed by atoms with Gasteiger partial charge in [0, 0.05) is 0 Å². The van der Waals surface area contributed by atoms with E-state index >= 15 is 0 Å². The predicted octanol–water partition coefficient (Wildman–Crippen LogP) is 12.5. The first kappa shape index (κ1) is 38.0. The normalized spacial score (nSPS) is 18.2. The number of carbonyl (C=O) groups excluding carboxylic acids is 3. The number of carbonyl (C=O) groups is 3. The molecule has 1 heterocycles. The van der Waals surface area contributed by atoms with Gasteiger partial charge in [0.25, 0.3) is 11.8 Å². The molecule has 50 heavy (non-hydrogen) atoms. The van der Waals surface area contributed by atoms with Crippen LogP contribution >= 0.6 is 0 Å². The highest BCUT2D eigenvalue weighted by molar-refractivity contribution is 6.23. The van der Waals surface area contributed by atoms with Gasteiger partial charge in [0.05, 0.1) is 23.1 Å². The van der Waals surface area contributed by atoms with Crippen LogP contribution in [-0.4, -0.2) is 34.8 Å². The number of ether oxygens (including phenoxy) is 1. The van der Waals surface area contributed by atoms with E-state index in [0.29, 0.717) is 24.0 Å². The fourth-order valence-electron chi connectivity index (χ4n) is 8.40. The van der Waals surface area contributed by atoms with E-state index in [1.54, 1.807) is 0 Å². The summed E-state index contributed by atoms with van der Waals surface area (Å²) in [6.07, 6.45) is 26.4. The molecular weight excluding hydrogens is 618 g/mol. The van der Waals surface area contributed by atoms with Crippen molar-refractivity contribution in [1.29, 1.82) is 0 Å². The van der Waals surface area contributed by atoms with Gasteiger partial charge in [-0.05, 0) is 84.3 Å². The molecule has 3 aromatic carbocycles. The van der Waals surface area contributed by atoms with Gasteiger partial charge in [0.15, 0.2) is 0 Å². The zero-order valence-corrected chi connectivity index (χ0v) is 31.2. The second kappa shape index (κ2) is 20.0. The molecule has 0 bridgehead atoms. The highest BCUT2D eigenvalue weighted by Gasteiger charge is 2.46. The Labute approximate surface area is 301 Å². The molecule has 1 aliphatic carbocycles. The molecule has 1 aliphatic heterocycles. The Bertz CT molecular complexity index is 1470. The highest BCUT2D eigenvalue weighted by Crippen LogP contribution is 2.37. The van der Waals surface area contributed by atoms with Crippen molar-refractivity contribution in [3.05, 3.63) is 59.7 Å². The van der Waals surface area contributed by atoms with Crippen LogP contribution in [0.2, 0.25) is 0 Å². The van der Waals surface area contributed by atoms with E-state index < -0.39 is 12.0 Å². The van der Waals surface area contributed by atoms with E-state index in [9.17, 15) is 14.4 Å². The van der Waals surface area contributed by atoms with Gasteiger partial charge < -0.3 is 4.74 Å². The van der Waals surface area contributed by atoms with Crippen molar-refractivity contribution < 1.29 is 19.1 Å². The van der Waals surface area contributed by atoms with Crippen molar-refractivity contribution in [2.24, 2.45) is 5.92 Å². The average molecular weight is 682 g/mol. The van der Waals surface area contributed by atoms with E-state index in [1.165, 1.54) is 101 Å². The third-order valence-electron chi connectivity index (χ3n) is 11.4. The van der Waals surface area contributed by atoms with Gasteiger partial charge >= 0.3 is 5.97 Å². The monoisotopic (exact) mass is 681 g/mol. The molecule has 5 nitrogen and oxygen atoms in total. The van der Waals surface area contributed by atoms with Crippen molar-refractivity contribution in [3.63, 3.8) is 0 Å². The number of hydrogen-bond acceptors (Lipinski definition) is 4. The van der Waals surface area contributed by atoms with E-state index in [1.807, 2.05) is 24.3 Å². The first-order valence-corrected chi connectivity index (χ1v) is 20.6. The Kier molecular flexibility index (Phi) is 15.2. The lowest BCUT2D eigenvalue weighted by Gasteiger charge is -2.36. The largest absolute Gasteiger partial charge is 0.462 e. The second-order valence-electron chi connectivity index (χ2n) is 15.3. The minimum atomic E-state index is -0.466. The number of nitrogens with zero attached hydrogens (tertiary/aromatic N) is 1. The topological polar surface area (TPSA) is 63.7 Å². The Morgan fingerprint density at radius 3 is 1.54 bits per heavy atom. The van der Waals surface area contributed by atoms with Crippen LogP contribution < -0.4 is 0 Å². The molecule has 1 fully saturated rings. The van der Waals surface area contributed by atoms with E-state index in [4.69, 9.17) is 4.74 Å². The summed E-state index contributed by atoms with van der Waals surface area (Å²) in [7, 11) is 0. The molecular formula is C45H63NO4. The molecule has 0 spiro atoms. The predicted molar refractivity (Wildman–Crippen MR) is 207 cm³/mol. The molecule has 0 N–H and O–H groups in total. The van der Waals surface area contributed by atoms with Crippen LogP contribution in [0.15, 0.2) is 48.5 Å². The number of amides is 2. The lowest BCUT2D eigenvalue weighted by atomic mass is 9.83. The maximum absolute atomic E-state index is 14.0. The maximum atomic E-state index is 14.0. The molecule has 3 atom stereocenters. The number of unbranched alkanes of at least 4 members (excludes halogenated alkanes) is 15. The van der Waals surface area contributed by atoms with Gasteiger partial charge in [-0.3, -0.25) is 19.3 Å². The fraction of sp³-hybridized carbons (Fsp3) is 0.622. The summed E-state index contributed by atoms with van der Waals surface area (Å²) >= 11 is 0. The van der Waals surface area contributed by atoms with E-state index in [2.05, 4.69) is 38.1 Å². The van der Waals surface area contributed by atoms with Crippen LogP contribution in [0, 0.1) is 5.92 Å². The van der Waals surface area contributed by atoms with Gasteiger partial charge in [-0.25, -0.2) is 0 Å². The summed E-state index contributed by atoms with van der Waals surface area (Å²) in [6, 6.07) is 15.6. The molecule has 0 saturated heterocycles. The Balaban J connectivity index is 1.21. The molecule has 0 radical (unpaired) electrons. The lowest BCUT2D eigenvalue weighted by Crippen LogP contribution is -2.49. The summed E-state index contributed by atoms with van der Waals surface area (Å²) in [5.74, 6) is -1.21. The smallest absolute Gasteiger partial charge is 0.311 e. The van der Waals surface area contributed by atoms with Gasteiger partial charge in [-0.15, -0.1) is 0 Å². The third kappa shape index (κ3) is 10.2. The molecule has 0 aromatic heterocycles. The first-order chi connectivity index (χ1) is 24.5. The molecule has 2 amide bonds. The summed E-state index contributed by atoms with van der Waals surface area (Å²) in [5.41, 5.74) is 0.904. The van der Waals surface area contributed by atoms with Gasteiger partial charge in [-0.1, -0.05) is 147 Å². The average Bonchev–Trinajstić information content (AvgIpc) is 3.37. The van der Waals surface area contributed by atoms with Crippen molar-refractivity contribution in [1.82, 2.24) is 4.90 Å². The van der Waals surface area contributed by atoms with Crippen molar-refractivity contribution >= 4 is 39.3 Å². The van der Waals surface area contributed by atoms with Crippen LogP contribution in [0.1, 0.15) is 182 Å². The number of benzene rings is 3. The Morgan fingerprint density at radius 1 is 0.620 bits per heavy atom. The van der Waals surface area contributed by atoms with Crippen LogP contribution in [0.4, 0.5) is 0 Å². The minimum Gasteiger partial charge on any atom is -0.462 e. The SMILES string of the molecule is CCCCCCCCCCCC(CCCCCCCCCC)OC(=O)[C@@H]1CCCC[C@H]1N1C(=O)c2cc3cc4ccccc4cc3cc2C1=O. The first-order valence-electron chi connectivity index (χ1n) is 20.6. The summed E-state index contributed by atoms with van der Waals surface area (Å²) < 4.78 is 6.38. The fourth-order valence-corrected chi connectivity index (χ4v) is 8.40. The number of esters is 1. The van der Waals surface area contributed by atoms with Crippen LogP contribution in [-0.2, 0) is 9.53 Å². The Morgan fingerprint density at radius 2 is 1.06 bits per heavy atom. The maximum Gasteiger partial charge on any atom is 0.311 e. The van der Waals surface area contributed by atoms with Crippen molar-refractivity contribution in [2.75, 3.05) is 0 Å². The summed E-state index contributed by atoms with van der Waals surface area (Å²) in [6.45, 7) is 4.52. The van der Waals surface area contributed by atoms with Crippen LogP contribution in [0.5, 0.6) is 0 Å². The third-order valence-corrected chi connectivity index (χ3v) is 11.4. The van der Waals surface area contributed by atoms with Gasteiger partial charge in [-0.2, -0.15) is 0 Å². The standard InChI is InChI=1S/C45H63NO4/c1-3-5-7-9-11-13-15-17-19-27-38(26-18-16-14-12-10-8-6-4-2)50-45(49)39-28-22-23-29-42(39)46-43(47)40-32-36-30-34-24-20-21-25-35(34)31-37(36)33-41(40)44(46)48/h20-21,24-25,30-33,38-39,42H,3-19,22-23,26-29H2,1-2H3/t38?,39-,42-/m1/s1. The molecule has 3 aromatic rings. The Hall–Kier alpha value is -3.21. The summed E-state index contributed by atoms with van der Waals surface area (Å²) in [5, 5.41) is 4.11. The number of fused-ring (bicyclic) bond motifs is 3. The van der Waals surface area contributed by atoms with E-state index in [-0.39, 0.29) is 23.9 Å². The molecule has 5 heteroatoms. The van der Waals surface area contributed by atoms with Gasteiger partial charge in [0.2, 0.25) is 0 Å². The van der Waals surface area contributed by atoms with E-state index in [0.717, 1.165) is 60.1 Å². The highest BCUT2D eigenvalue weighted by atomic mass is 16.5. The second-order valence-corrected chi connectivity index (χ2v) is 15.3. The van der Waals surface area contributed by atoms with Crippen molar-refractivity contribution in [2.45, 2.75) is 174 Å². The lowest BCUT2D eigenvalue weighted by molar-refractivity contribution is -0.158. The minimum absolute atomic E-state index is 0.0867. The number of imide groups is 1. The molecule has 272 valence electrons. The quantitative estimate of drug-likeness (QED) is 0.0458. The molecule has 1 unspecified atom stereocenters. The number of rotatable bonds is 22. The molecule has 5 rings (SSSR count). The molecule has 2 aliphatic rings. The zero-order valence-electron chi connectivity index (χ0n) is 31.2. The van der Waals surface area contributed by atoms with Crippen molar-refractivity contribution in [3.8, 4) is 0 Å². The zero-order chi connectivity index (χ0) is 35.1. The van der Waals surface area contributed by atoms with Crippen LogP contribution in [0.3, 0.4) is 0 Å². The van der Waals surface area contributed by atoms with Gasteiger partial charge in [0.1, 0.15) is 6.10 Å². The number of hydrogen-bond donors (Lipinski definition) is 0. The van der Waals surface area contributed by atoms with Crippen LogP contribution in [0.25, 0.3) is 21.5 Å².